The van der Waals surface area contributed by atoms with Crippen molar-refractivity contribution in [2.75, 3.05) is 10.6 Å². The van der Waals surface area contributed by atoms with E-state index < -0.39 is 11.7 Å². The molecule has 3 rings (SSSR count). The monoisotopic (exact) mass is 364 g/mol. The number of rotatable bonds is 4. The number of anilines is 3. The highest BCUT2D eigenvalue weighted by Gasteiger charge is 2.13. The molecule has 0 saturated carbocycles. The molecule has 1 heterocycles. The Labute approximate surface area is 157 Å². The summed E-state index contributed by atoms with van der Waals surface area (Å²) in [6.07, 6.45) is 2.82. The molecule has 0 fully saturated rings. The average molecular weight is 364 g/mol. The van der Waals surface area contributed by atoms with E-state index in [9.17, 15) is 9.18 Å². The zero-order chi connectivity index (χ0) is 19.4. The third kappa shape index (κ3) is 4.67. The Morgan fingerprint density at radius 3 is 2.26 bits per heavy atom. The molecular formula is C21H21FN4O. The minimum atomic E-state index is -0.520. The lowest BCUT2D eigenvalue weighted by molar-refractivity contribution is 0.102. The molecule has 0 radical (unpaired) electrons. The van der Waals surface area contributed by atoms with Crippen molar-refractivity contribution >= 4 is 23.1 Å². The van der Waals surface area contributed by atoms with Crippen LogP contribution in [-0.4, -0.2) is 15.9 Å². The molecule has 2 N–H and O–H groups in total. The molecule has 0 atom stereocenters. The van der Waals surface area contributed by atoms with Crippen LogP contribution in [0.3, 0.4) is 0 Å². The smallest absolute Gasteiger partial charge is 0.275 e. The molecule has 0 aliphatic carbocycles. The Kier molecular flexibility index (Phi) is 5.16. The molecule has 6 heteroatoms. The number of nitrogens with zero attached hydrogens (tertiary/aromatic N) is 2. The van der Waals surface area contributed by atoms with Crippen molar-refractivity contribution in [3.05, 3.63) is 78.0 Å². The van der Waals surface area contributed by atoms with Gasteiger partial charge in [0, 0.05) is 5.69 Å². The van der Waals surface area contributed by atoms with Gasteiger partial charge in [-0.05, 0) is 35.2 Å². The van der Waals surface area contributed by atoms with Crippen molar-refractivity contribution in [1.82, 2.24) is 9.97 Å². The maximum Gasteiger partial charge on any atom is 0.275 e. The fourth-order valence-electron chi connectivity index (χ4n) is 2.46. The van der Waals surface area contributed by atoms with E-state index in [1.807, 2.05) is 12.1 Å². The van der Waals surface area contributed by atoms with E-state index in [4.69, 9.17) is 0 Å². The van der Waals surface area contributed by atoms with E-state index in [1.54, 1.807) is 12.1 Å². The van der Waals surface area contributed by atoms with Crippen molar-refractivity contribution in [3.8, 4) is 0 Å². The van der Waals surface area contributed by atoms with E-state index in [0.717, 1.165) is 5.69 Å². The van der Waals surface area contributed by atoms with Crippen LogP contribution in [-0.2, 0) is 5.41 Å². The van der Waals surface area contributed by atoms with Crippen molar-refractivity contribution < 1.29 is 9.18 Å². The van der Waals surface area contributed by atoms with Gasteiger partial charge >= 0.3 is 0 Å². The molecular weight excluding hydrogens is 343 g/mol. The van der Waals surface area contributed by atoms with Gasteiger partial charge in [0.25, 0.3) is 5.91 Å². The molecule has 27 heavy (non-hydrogen) atoms. The molecule has 1 aromatic heterocycles. The number of hydrogen-bond acceptors (Lipinski definition) is 4. The fraction of sp³-hybridized carbons (Fsp3) is 0.190. The molecule has 0 unspecified atom stereocenters. The Morgan fingerprint density at radius 2 is 1.67 bits per heavy atom. The van der Waals surface area contributed by atoms with Gasteiger partial charge in [-0.1, -0.05) is 45.0 Å². The maximum atomic E-state index is 13.6. The largest absolute Gasteiger partial charge is 0.339 e. The quantitative estimate of drug-likeness (QED) is 0.690. The van der Waals surface area contributed by atoms with E-state index in [2.05, 4.69) is 53.5 Å². The van der Waals surface area contributed by atoms with Crippen LogP contribution in [0.1, 0.15) is 36.8 Å². The number of nitrogens with one attached hydrogen (secondary N) is 2. The van der Waals surface area contributed by atoms with Gasteiger partial charge in [-0.2, -0.15) is 0 Å². The minimum Gasteiger partial charge on any atom is -0.339 e. The third-order valence-electron chi connectivity index (χ3n) is 4.03. The SMILES string of the molecule is CC(C)(C)c1ccc(Nc2cnc(C(=O)Nc3ccccc3F)cn2)cc1. The van der Waals surface area contributed by atoms with E-state index >= 15 is 0 Å². The van der Waals surface area contributed by atoms with Gasteiger partial charge in [0.2, 0.25) is 0 Å². The van der Waals surface area contributed by atoms with Crippen molar-refractivity contribution in [2.24, 2.45) is 0 Å². The number of benzene rings is 2. The molecule has 3 aromatic rings. The number of carbonyl (C=O) groups is 1. The number of hydrogen-bond donors (Lipinski definition) is 2. The topological polar surface area (TPSA) is 66.9 Å². The van der Waals surface area contributed by atoms with Crippen LogP contribution in [0, 0.1) is 5.82 Å². The second kappa shape index (κ2) is 7.53. The van der Waals surface area contributed by atoms with Crippen LogP contribution in [0.5, 0.6) is 0 Å². The third-order valence-corrected chi connectivity index (χ3v) is 4.03. The second-order valence-corrected chi connectivity index (χ2v) is 7.17. The molecule has 0 aliphatic rings. The highest BCUT2D eigenvalue weighted by molar-refractivity contribution is 6.02. The molecule has 0 saturated heterocycles. The maximum absolute atomic E-state index is 13.6. The predicted molar refractivity (Wildman–Crippen MR) is 105 cm³/mol. The molecule has 5 nitrogen and oxygen atoms in total. The summed E-state index contributed by atoms with van der Waals surface area (Å²) in [5.41, 5.74) is 2.41. The minimum absolute atomic E-state index is 0.0889. The Balaban J connectivity index is 1.66. The highest BCUT2D eigenvalue weighted by Crippen LogP contribution is 2.24. The van der Waals surface area contributed by atoms with Gasteiger partial charge < -0.3 is 10.6 Å². The van der Waals surface area contributed by atoms with Gasteiger partial charge in [0.1, 0.15) is 17.3 Å². The summed E-state index contributed by atoms with van der Waals surface area (Å²) in [5.74, 6) is -0.509. The summed E-state index contributed by atoms with van der Waals surface area (Å²) in [4.78, 5) is 20.5. The first-order chi connectivity index (χ1) is 12.8. The van der Waals surface area contributed by atoms with Crippen LogP contribution >= 0.6 is 0 Å². The van der Waals surface area contributed by atoms with Crippen LogP contribution in [0.2, 0.25) is 0 Å². The van der Waals surface area contributed by atoms with Gasteiger partial charge in [-0.25, -0.2) is 14.4 Å². The number of para-hydroxylation sites is 1. The van der Waals surface area contributed by atoms with Crippen LogP contribution < -0.4 is 10.6 Å². The van der Waals surface area contributed by atoms with Gasteiger partial charge in [0.05, 0.1) is 18.1 Å². The summed E-state index contributed by atoms with van der Waals surface area (Å²) in [7, 11) is 0. The van der Waals surface area contributed by atoms with Crippen molar-refractivity contribution in [3.63, 3.8) is 0 Å². The normalized spacial score (nSPS) is 11.1. The molecule has 0 bridgehead atoms. The van der Waals surface area contributed by atoms with Crippen molar-refractivity contribution in [1.29, 1.82) is 0 Å². The lowest BCUT2D eigenvalue weighted by Crippen LogP contribution is -2.15. The van der Waals surface area contributed by atoms with Crippen LogP contribution in [0.25, 0.3) is 0 Å². The molecule has 138 valence electrons. The molecule has 2 aromatic carbocycles. The Bertz CT molecular complexity index is 932. The Morgan fingerprint density at radius 1 is 0.963 bits per heavy atom. The number of amides is 1. The van der Waals surface area contributed by atoms with Crippen LogP contribution in [0.15, 0.2) is 60.9 Å². The summed E-state index contributed by atoms with van der Waals surface area (Å²) in [6, 6.07) is 14.0. The Hall–Kier alpha value is -3.28. The van der Waals surface area contributed by atoms with Crippen molar-refractivity contribution in [2.45, 2.75) is 26.2 Å². The number of aromatic nitrogens is 2. The van der Waals surface area contributed by atoms with Crippen LogP contribution in [0.4, 0.5) is 21.6 Å². The van der Waals surface area contributed by atoms with Gasteiger partial charge in [-0.3, -0.25) is 4.79 Å². The highest BCUT2D eigenvalue weighted by atomic mass is 19.1. The van der Waals surface area contributed by atoms with Gasteiger partial charge in [-0.15, -0.1) is 0 Å². The average Bonchev–Trinajstić information content (AvgIpc) is 2.64. The predicted octanol–water partition coefficient (Wildman–Crippen LogP) is 4.91. The summed E-state index contributed by atoms with van der Waals surface area (Å²) in [5, 5.41) is 5.62. The zero-order valence-corrected chi connectivity index (χ0v) is 15.5. The number of carbonyl (C=O) groups excluding carboxylic acids is 1. The molecule has 1 amide bonds. The number of halogens is 1. The lowest BCUT2D eigenvalue weighted by Gasteiger charge is -2.19. The fourth-order valence-corrected chi connectivity index (χ4v) is 2.46. The van der Waals surface area contributed by atoms with E-state index in [0.29, 0.717) is 5.82 Å². The first-order valence-corrected chi connectivity index (χ1v) is 8.58. The summed E-state index contributed by atoms with van der Waals surface area (Å²) in [6.45, 7) is 6.48. The van der Waals surface area contributed by atoms with E-state index in [-0.39, 0.29) is 16.8 Å². The standard InChI is InChI=1S/C21H21FN4O/c1-21(2,3)14-8-10-15(11-9-14)25-19-13-23-18(12-24-19)20(27)26-17-7-5-4-6-16(17)22/h4-13H,1-3H3,(H,24,25)(H,26,27). The lowest BCUT2D eigenvalue weighted by atomic mass is 9.87. The summed E-state index contributed by atoms with van der Waals surface area (Å²) < 4.78 is 13.6. The molecule has 0 spiro atoms. The van der Waals surface area contributed by atoms with Gasteiger partial charge in [0.15, 0.2) is 0 Å². The zero-order valence-electron chi connectivity index (χ0n) is 15.5. The second-order valence-electron chi connectivity index (χ2n) is 7.17. The van der Waals surface area contributed by atoms with E-state index in [1.165, 1.54) is 30.1 Å². The summed E-state index contributed by atoms with van der Waals surface area (Å²) >= 11 is 0. The first kappa shape index (κ1) is 18.5. The first-order valence-electron chi connectivity index (χ1n) is 8.58. The molecule has 0 aliphatic heterocycles.